The molecule has 1 N–H and O–H groups in total. The molecule has 0 radical (unpaired) electrons. The molecular weight excluding hydrogens is 234 g/mol. The first-order valence-corrected chi connectivity index (χ1v) is 6.55. The third-order valence-electron chi connectivity index (χ3n) is 3.49. The average molecular weight is 251 g/mol. The van der Waals surface area contributed by atoms with Gasteiger partial charge in [0.1, 0.15) is 5.75 Å². The van der Waals surface area contributed by atoms with E-state index >= 15 is 0 Å². The molecule has 0 aliphatic carbocycles. The highest BCUT2D eigenvalue weighted by atomic mass is 16.5. The second kappa shape index (κ2) is 5.19. The second-order valence-electron chi connectivity index (χ2n) is 4.71. The SMILES string of the molecule is COc1cccc(CCc2c[nH]c3ccccc23)c1. The van der Waals surface area contributed by atoms with Crippen molar-refractivity contribution in [3.63, 3.8) is 0 Å². The number of rotatable bonds is 4. The third kappa shape index (κ3) is 2.48. The van der Waals surface area contributed by atoms with Gasteiger partial charge in [-0.2, -0.15) is 0 Å². The maximum absolute atomic E-state index is 5.26. The number of aryl methyl sites for hydroxylation is 2. The van der Waals surface area contributed by atoms with Gasteiger partial charge >= 0.3 is 0 Å². The largest absolute Gasteiger partial charge is 0.497 e. The Morgan fingerprint density at radius 3 is 2.79 bits per heavy atom. The molecule has 3 rings (SSSR count). The van der Waals surface area contributed by atoms with Crippen molar-refractivity contribution in [1.82, 2.24) is 4.98 Å². The predicted octanol–water partition coefficient (Wildman–Crippen LogP) is 3.96. The summed E-state index contributed by atoms with van der Waals surface area (Å²) in [6.07, 6.45) is 4.18. The van der Waals surface area contributed by atoms with Crippen molar-refractivity contribution in [3.05, 3.63) is 65.9 Å². The highest BCUT2D eigenvalue weighted by molar-refractivity contribution is 5.83. The van der Waals surface area contributed by atoms with Crippen LogP contribution in [0, 0.1) is 0 Å². The van der Waals surface area contributed by atoms with Gasteiger partial charge in [-0.3, -0.25) is 0 Å². The van der Waals surface area contributed by atoms with E-state index in [0.29, 0.717) is 0 Å². The van der Waals surface area contributed by atoms with Crippen LogP contribution in [0.3, 0.4) is 0 Å². The van der Waals surface area contributed by atoms with Crippen LogP contribution in [-0.2, 0) is 12.8 Å². The molecule has 0 spiro atoms. The van der Waals surface area contributed by atoms with Crippen LogP contribution in [0.2, 0.25) is 0 Å². The van der Waals surface area contributed by atoms with Crippen LogP contribution in [-0.4, -0.2) is 12.1 Å². The number of benzene rings is 2. The Kier molecular flexibility index (Phi) is 3.23. The molecule has 0 fully saturated rings. The fourth-order valence-corrected chi connectivity index (χ4v) is 2.45. The summed E-state index contributed by atoms with van der Waals surface area (Å²) in [5.41, 5.74) is 3.89. The summed E-state index contributed by atoms with van der Waals surface area (Å²) in [5, 5.41) is 1.32. The molecule has 0 saturated carbocycles. The fourth-order valence-electron chi connectivity index (χ4n) is 2.45. The van der Waals surface area contributed by atoms with Gasteiger partial charge in [-0.1, -0.05) is 30.3 Å². The van der Waals surface area contributed by atoms with Gasteiger partial charge in [0, 0.05) is 17.1 Å². The number of ether oxygens (including phenoxy) is 1. The van der Waals surface area contributed by atoms with Gasteiger partial charge in [0.05, 0.1) is 7.11 Å². The van der Waals surface area contributed by atoms with Gasteiger partial charge < -0.3 is 9.72 Å². The van der Waals surface area contributed by atoms with E-state index in [-0.39, 0.29) is 0 Å². The monoisotopic (exact) mass is 251 g/mol. The molecule has 2 heteroatoms. The molecule has 19 heavy (non-hydrogen) atoms. The predicted molar refractivity (Wildman–Crippen MR) is 78.7 cm³/mol. The standard InChI is InChI=1S/C17H17NO/c1-19-15-6-4-5-13(11-15)9-10-14-12-18-17-8-3-2-7-16(14)17/h2-8,11-12,18H,9-10H2,1H3. The van der Waals surface area contributed by atoms with E-state index in [2.05, 4.69) is 47.6 Å². The number of fused-ring (bicyclic) bond motifs is 1. The third-order valence-corrected chi connectivity index (χ3v) is 3.49. The molecule has 0 aliphatic rings. The lowest BCUT2D eigenvalue weighted by Gasteiger charge is -2.04. The maximum Gasteiger partial charge on any atom is 0.119 e. The van der Waals surface area contributed by atoms with Crippen LogP contribution in [0.25, 0.3) is 10.9 Å². The molecule has 1 heterocycles. The first-order chi connectivity index (χ1) is 9.36. The lowest BCUT2D eigenvalue weighted by atomic mass is 10.0. The summed E-state index contributed by atoms with van der Waals surface area (Å²) < 4.78 is 5.26. The van der Waals surface area contributed by atoms with Crippen molar-refractivity contribution in [2.75, 3.05) is 7.11 Å². The molecule has 2 nitrogen and oxygen atoms in total. The zero-order valence-corrected chi connectivity index (χ0v) is 11.0. The van der Waals surface area contributed by atoms with E-state index in [9.17, 15) is 0 Å². The first-order valence-electron chi connectivity index (χ1n) is 6.55. The van der Waals surface area contributed by atoms with Gasteiger partial charge in [0.15, 0.2) is 0 Å². The van der Waals surface area contributed by atoms with E-state index < -0.39 is 0 Å². The molecule has 0 amide bonds. The number of hydrogen-bond acceptors (Lipinski definition) is 1. The van der Waals surface area contributed by atoms with E-state index in [4.69, 9.17) is 4.74 Å². The van der Waals surface area contributed by atoms with Crippen LogP contribution < -0.4 is 4.74 Å². The van der Waals surface area contributed by atoms with Crippen molar-refractivity contribution in [3.8, 4) is 5.75 Å². The Labute approximate surface area is 113 Å². The van der Waals surface area contributed by atoms with Gasteiger partial charge in [-0.25, -0.2) is 0 Å². The highest BCUT2D eigenvalue weighted by Gasteiger charge is 2.03. The minimum absolute atomic E-state index is 0.927. The lowest BCUT2D eigenvalue weighted by Crippen LogP contribution is -1.91. The second-order valence-corrected chi connectivity index (χ2v) is 4.71. The summed E-state index contributed by atoms with van der Waals surface area (Å²) in [6.45, 7) is 0. The van der Waals surface area contributed by atoms with Gasteiger partial charge in [-0.15, -0.1) is 0 Å². The van der Waals surface area contributed by atoms with Crippen LogP contribution in [0.5, 0.6) is 5.75 Å². The van der Waals surface area contributed by atoms with Gasteiger partial charge in [0.2, 0.25) is 0 Å². The van der Waals surface area contributed by atoms with E-state index in [1.54, 1.807) is 7.11 Å². The number of aromatic nitrogens is 1. The molecule has 96 valence electrons. The molecule has 2 aromatic carbocycles. The Hall–Kier alpha value is -2.22. The molecule has 0 unspecified atom stereocenters. The summed E-state index contributed by atoms with van der Waals surface area (Å²) in [7, 11) is 1.71. The van der Waals surface area contributed by atoms with Gasteiger partial charge in [0.25, 0.3) is 0 Å². The summed E-state index contributed by atoms with van der Waals surface area (Å²) in [6, 6.07) is 16.7. The zero-order valence-electron chi connectivity index (χ0n) is 11.0. The van der Waals surface area contributed by atoms with Crippen molar-refractivity contribution >= 4 is 10.9 Å². The highest BCUT2D eigenvalue weighted by Crippen LogP contribution is 2.20. The minimum atomic E-state index is 0.927. The Morgan fingerprint density at radius 1 is 1.00 bits per heavy atom. The first kappa shape index (κ1) is 11.8. The smallest absolute Gasteiger partial charge is 0.119 e. The van der Waals surface area contributed by atoms with Crippen molar-refractivity contribution in [2.24, 2.45) is 0 Å². The number of methoxy groups -OCH3 is 1. The molecule has 1 aromatic heterocycles. The summed E-state index contributed by atoms with van der Waals surface area (Å²) in [5.74, 6) is 0.927. The van der Waals surface area contributed by atoms with Crippen molar-refractivity contribution < 1.29 is 4.74 Å². The molecule has 3 aromatic rings. The van der Waals surface area contributed by atoms with Gasteiger partial charge in [-0.05, 0) is 42.2 Å². The number of hydrogen-bond donors (Lipinski definition) is 1. The van der Waals surface area contributed by atoms with Crippen LogP contribution in [0.1, 0.15) is 11.1 Å². The van der Waals surface area contributed by atoms with Crippen LogP contribution >= 0.6 is 0 Å². The molecule has 0 saturated heterocycles. The molecule has 0 atom stereocenters. The van der Waals surface area contributed by atoms with Crippen LogP contribution in [0.4, 0.5) is 0 Å². The summed E-state index contributed by atoms with van der Waals surface area (Å²) in [4.78, 5) is 3.32. The molecular formula is C17H17NO. The van der Waals surface area contributed by atoms with E-state index in [1.807, 2.05) is 12.1 Å². The Bertz CT molecular complexity index is 684. The molecule has 0 bridgehead atoms. The number of para-hydroxylation sites is 1. The lowest BCUT2D eigenvalue weighted by molar-refractivity contribution is 0.414. The quantitative estimate of drug-likeness (QED) is 0.746. The average Bonchev–Trinajstić information content (AvgIpc) is 2.89. The van der Waals surface area contributed by atoms with Crippen molar-refractivity contribution in [2.45, 2.75) is 12.8 Å². The maximum atomic E-state index is 5.26. The summed E-state index contributed by atoms with van der Waals surface area (Å²) >= 11 is 0. The van der Waals surface area contributed by atoms with Crippen molar-refractivity contribution in [1.29, 1.82) is 0 Å². The van der Waals surface area contributed by atoms with E-state index in [1.165, 1.54) is 22.0 Å². The number of aromatic amines is 1. The number of nitrogens with one attached hydrogen (secondary N) is 1. The Morgan fingerprint density at radius 2 is 1.89 bits per heavy atom. The zero-order chi connectivity index (χ0) is 13.1. The normalized spacial score (nSPS) is 10.8. The Balaban J connectivity index is 1.78. The minimum Gasteiger partial charge on any atom is -0.497 e. The fraction of sp³-hybridized carbons (Fsp3) is 0.176. The molecule has 0 aliphatic heterocycles. The van der Waals surface area contributed by atoms with E-state index in [0.717, 1.165) is 18.6 Å². The topological polar surface area (TPSA) is 25.0 Å². The number of H-pyrrole nitrogens is 1. The van der Waals surface area contributed by atoms with Crippen LogP contribution in [0.15, 0.2) is 54.7 Å².